The molecule has 0 spiro atoms. The third kappa shape index (κ3) is 2.96. The summed E-state index contributed by atoms with van der Waals surface area (Å²) >= 11 is 0. The first-order valence-electron chi connectivity index (χ1n) is 5.42. The normalized spacial score (nSPS) is 22.9. The van der Waals surface area contributed by atoms with Gasteiger partial charge in [-0.15, -0.1) is 0 Å². The molecule has 2 fully saturated rings. The van der Waals surface area contributed by atoms with Gasteiger partial charge >= 0.3 is 0 Å². The molecule has 2 rings (SSSR count). The van der Waals surface area contributed by atoms with Crippen molar-refractivity contribution in [3.8, 4) is 0 Å². The number of carbonyl (C=O) groups is 1. The highest BCUT2D eigenvalue weighted by atomic mass is 16.5. The minimum absolute atomic E-state index is 0.200. The summed E-state index contributed by atoms with van der Waals surface area (Å²) in [5.74, 6) is 1.01. The number of rotatable bonds is 5. The third-order valence-electron chi connectivity index (χ3n) is 2.74. The van der Waals surface area contributed by atoms with Crippen LogP contribution in [0.2, 0.25) is 0 Å². The molecule has 0 aromatic carbocycles. The van der Waals surface area contributed by atoms with Crippen molar-refractivity contribution in [3.63, 3.8) is 0 Å². The molecule has 1 heterocycles. The molecule has 1 saturated carbocycles. The van der Waals surface area contributed by atoms with Crippen LogP contribution >= 0.6 is 0 Å². The Balaban J connectivity index is 1.56. The quantitative estimate of drug-likeness (QED) is 0.624. The average Bonchev–Trinajstić information content (AvgIpc) is 2.99. The molecule has 14 heavy (non-hydrogen) atoms. The summed E-state index contributed by atoms with van der Waals surface area (Å²) in [7, 11) is 0. The monoisotopic (exact) mass is 198 g/mol. The van der Waals surface area contributed by atoms with Gasteiger partial charge in [-0.05, 0) is 18.8 Å². The van der Waals surface area contributed by atoms with Crippen LogP contribution in [0.5, 0.6) is 0 Å². The van der Waals surface area contributed by atoms with Crippen LogP contribution in [-0.2, 0) is 9.53 Å². The van der Waals surface area contributed by atoms with E-state index in [1.807, 2.05) is 4.90 Å². The minimum Gasteiger partial charge on any atom is -0.379 e. The number of ether oxygens (including phenoxy) is 1. The van der Waals surface area contributed by atoms with Crippen molar-refractivity contribution in [2.45, 2.75) is 12.8 Å². The van der Waals surface area contributed by atoms with Crippen LogP contribution in [0, 0.1) is 5.92 Å². The Labute approximate surface area is 84.6 Å². The summed E-state index contributed by atoms with van der Waals surface area (Å²) in [6.45, 7) is 4.57. The highest BCUT2D eigenvalue weighted by Gasteiger charge is 2.21. The number of hydrogen-bond donors (Lipinski definition) is 1. The lowest BCUT2D eigenvalue weighted by molar-refractivity contribution is -0.132. The topological polar surface area (TPSA) is 41.6 Å². The van der Waals surface area contributed by atoms with E-state index in [4.69, 9.17) is 4.74 Å². The molecule has 0 bridgehead atoms. The second-order valence-electron chi connectivity index (χ2n) is 4.08. The lowest BCUT2D eigenvalue weighted by Crippen LogP contribution is -2.49. The lowest BCUT2D eigenvalue weighted by Gasteiger charge is -2.27. The lowest BCUT2D eigenvalue weighted by atomic mass is 10.3. The first-order valence-corrected chi connectivity index (χ1v) is 5.42. The summed E-state index contributed by atoms with van der Waals surface area (Å²) < 4.78 is 5.49. The Morgan fingerprint density at radius 2 is 2.36 bits per heavy atom. The van der Waals surface area contributed by atoms with E-state index < -0.39 is 0 Å². The van der Waals surface area contributed by atoms with Crippen LogP contribution in [0.1, 0.15) is 12.8 Å². The van der Waals surface area contributed by atoms with Gasteiger partial charge in [0.2, 0.25) is 5.91 Å². The van der Waals surface area contributed by atoms with Gasteiger partial charge in [-0.25, -0.2) is 0 Å². The molecule has 0 atom stereocenters. The first-order chi connectivity index (χ1) is 6.86. The van der Waals surface area contributed by atoms with Gasteiger partial charge in [0, 0.05) is 26.2 Å². The van der Waals surface area contributed by atoms with E-state index in [9.17, 15) is 4.79 Å². The van der Waals surface area contributed by atoms with E-state index in [-0.39, 0.29) is 5.91 Å². The van der Waals surface area contributed by atoms with E-state index in [2.05, 4.69) is 5.32 Å². The van der Waals surface area contributed by atoms with E-state index >= 15 is 0 Å². The zero-order chi connectivity index (χ0) is 9.80. The Morgan fingerprint density at radius 1 is 1.50 bits per heavy atom. The van der Waals surface area contributed by atoms with Gasteiger partial charge in [-0.1, -0.05) is 0 Å². The Morgan fingerprint density at radius 3 is 3.07 bits per heavy atom. The van der Waals surface area contributed by atoms with Crippen molar-refractivity contribution in [3.05, 3.63) is 0 Å². The fourth-order valence-corrected chi connectivity index (χ4v) is 1.59. The molecular formula is C10H18N2O2. The Kier molecular flexibility index (Phi) is 3.37. The molecule has 80 valence electrons. The summed E-state index contributed by atoms with van der Waals surface area (Å²) in [6.07, 6.45) is 2.65. The average molecular weight is 198 g/mol. The van der Waals surface area contributed by atoms with Crippen LogP contribution < -0.4 is 5.32 Å². The predicted octanol–water partition coefficient (Wildman–Crippen LogP) is -0.155. The second kappa shape index (κ2) is 4.75. The van der Waals surface area contributed by atoms with Crippen molar-refractivity contribution in [2.75, 3.05) is 39.4 Å². The van der Waals surface area contributed by atoms with Gasteiger partial charge in [-0.2, -0.15) is 0 Å². The van der Waals surface area contributed by atoms with Gasteiger partial charge in [-0.3, -0.25) is 4.79 Å². The number of hydrogen-bond acceptors (Lipinski definition) is 3. The molecule has 2 aliphatic rings. The maximum Gasteiger partial charge on any atom is 0.236 e. The summed E-state index contributed by atoms with van der Waals surface area (Å²) in [6, 6.07) is 0. The second-order valence-corrected chi connectivity index (χ2v) is 4.08. The van der Waals surface area contributed by atoms with Crippen molar-refractivity contribution in [1.82, 2.24) is 10.2 Å². The van der Waals surface area contributed by atoms with Crippen LogP contribution in [0.15, 0.2) is 0 Å². The molecule has 0 unspecified atom stereocenters. The fourth-order valence-electron chi connectivity index (χ4n) is 1.59. The smallest absolute Gasteiger partial charge is 0.236 e. The van der Waals surface area contributed by atoms with Gasteiger partial charge in [0.05, 0.1) is 13.2 Å². The molecule has 0 aromatic heterocycles. The highest BCUT2D eigenvalue weighted by Crippen LogP contribution is 2.28. The molecular weight excluding hydrogens is 180 g/mol. The Bertz CT molecular complexity index is 204. The molecule has 1 aliphatic heterocycles. The molecule has 4 heteroatoms. The van der Waals surface area contributed by atoms with Crippen molar-refractivity contribution < 1.29 is 9.53 Å². The van der Waals surface area contributed by atoms with E-state index in [1.54, 1.807) is 0 Å². The number of nitrogens with one attached hydrogen (secondary N) is 1. The number of amides is 1. The molecule has 0 radical (unpaired) electrons. The van der Waals surface area contributed by atoms with Crippen molar-refractivity contribution in [2.24, 2.45) is 5.92 Å². The molecule has 1 aliphatic carbocycles. The van der Waals surface area contributed by atoms with Gasteiger partial charge in [0.25, 0.3) is 0 Å². The first kappa shape index (κ1) is 9.93. The molecule has 4 nitrogen and oxygen atoms in total. The van der Waals surface area contributed by atoms with Crippen LogP contribution in [0.4, 0.5) is 0 Å². The zero-order valence-corrected chi connectivity index (χ0v) is 8.50. The molecule has 0 aromatic rings. The van der Waals surface area contributed by atoms with E-state index in [0.717, 1.165) is 32.2 Å². The summed E-state index contributed by atoms with van der Waals surface area (Å²) in [4.78, 5) is 13.2. The maximum absolute atomic E-state index is 11.3. The van der Waals surface area contributed by atoms with Gasteiger partial charge in [0.1, 0.15) is 0 Å². The van der Waals surface area contributed by atoms with Gasteiger partial charge in [0.15, 0.2) is 0 Å². The number of carbonyl (C=O) groups excluding carboxylic acids is 1. The van der Waals surface area contributed by atoms with Crippen molar-refractivity contribution in [1.29, 1.82) is 0 Å². The standard InChI is InChI=1S/C10H18N2O2/c13-10-7-11-3-4-12(10)5-6-14-8-9-1-2-9/h9,11H,1-8H2. The van der Waals surface area contributed by atoms with Crippen LogP contribution in [0.3, 0.4) is 0 Å². The van der Waals surface area contributed by atoms with E-state index in [1.165, 1.54) is 12.8 Å². The maximum atomic E-state index is 11.3. The number of nitrogens with zero attached hydrogens (tertiary/aromatic N) is 1. The van der Waals surface area contributed by atoms with Gasteiger partial charge < -0.3 is 15.0 Å². The molecule has 1 N–H and O–H groups in total. The molecule has 1 amide bonds. The summed E-state index contributed by atoms with van der Waals surface area (Å²) in [5.41, 5.74) is 0. The predicted molar refractivity (Wildman–Crippen MR) is 53.0 cm³/mol. The SMILES string of the molecule is O=C1CNCCN1CCOCC1CC1. The fraction of sp³-hybridized carbons (Fsp3) is 0.900. The minimum atomic E-state index is 0.200. The van der Waals surface area contributed by atoms with E-state index in [0.29, 0.717) is 13.2 Å². The summed E-state index contributed by atoms with van der Waals surface area (Å²) in [5, 5.41) is 3.05. The highest BCUT2D eigenvalue weighted by molar-refractivity contribution is 5.78. The van der Waals surface area contributed by atoms with Crippen LogP contribution in [0.25, 0.3) is 0 Å². The van der Waals surface area contributed by atoms with Crippen LogP contribution in [-0.4, -0.2) is 50.2 Å². The Hall–Kier alpha value is -0.610. The number of piperazine rings is 1. The third-order valence-corrected chi connectivity index (χ3v) is 2.74. The largest absolute Gasteiger partial charge is 0.379 e. The zero-order valence-electron chi connectivity index (χ0n) is 8.50. The van der Waals surface area contributed by atoms with Crippen molar-refractivity contribution >= 4 is 5.91 Å². The molecule has 1 saturated heterocycles.